The van der Waals surface area contributed by atoms with Gasteiger partial charge in [-0.1, -0.05) is 29.3 Å². The molecule has 2 aromatic carbocycles. The van der Waals surface area contributed by atoms with Crippen LogP contribution in [0.5, 0.6) is 5.75 Å². The maximum absolute atomic E-state index is 13.2. The van der Waals surface area contributed by atoms with E-state index in [1.165, 1.54) is 0 Å². The molecule has 36 heavy (non-hydrogen) atoms. The molecule has 0 bridgehead atoms. The van der Waals surface area contributed by atoms with Crippen LogP contribution in [0.4, 0.5) is 5.69 Å². The van der Waals surface area contributed by atoms with Crippen LogP contribution >= 0.6 is 23.2 Å². The van der Waals surface area contributed by atoms with Gasteiger partial charge in [0, 0.05) is 30.1 Å². The van der Waals surface area contributed by atoms with Crippen LogP contribution in [-0.4, -0.2) is 58.2 Å². The molecule has 2 fully saturated rings. The highest BCUT2D eigenvalue weighted by Crippen LogP contribution is 2.41. The van der Waals surface area contributed by atoms with Crippen LogP contribution in [0.1, 0.15) is 48.9 Å². The SMILES string of the molecule is CN(C)CC1(O)CCC(Nc2c(C(=O)C3CC3)cnc3ccc(-c4cc(Cl)c(O)c(Cl)c4)cc23)CC1. The molecule has 190 valence electrons. The van der Waals surface area contributed by atoms with Crippen molar-refractivity contribution < 1.29 is 15.0 Å². The lowest BCUT2D eigenvalue weighted by molar-refractivity contribution is -0.0183. The number of pyridine rings is 1. The molecule has 8 heteroatoms. The molecule has 2 aliphatic carbocycles. The number of hydrogen-bond donors (Lipinski definition) is 3. The Balaban J connectivity index is 1.53. The summed E-state index contributed by atoms with van der Waals surface area (Å²) in [7, 11) is 3.96. The number of anilines is 1. The molecule has 0 radical (unpaired) electrons. The maximum atomic E-state index is 13.2. The van der Waals surface area contributed by atoms with E-state index in [0.717, 1.165) is 53.4 Å². The first-order valence-electron chi connectivity index (χ1n) is 12.4. The summed E-state index contributed by atoms with van der Waals surface area (Å²) in [5.41, 5.74) is 3.15. The van der Waals surface area contributed by atoms with Gasteiger partial charge in [0.05, 0.1) is 32.4 Å². The third-order valence-electron chi connectivity index (χ3n) is 7.31. The summed E-state index contributed by atoms with van der Waals surface area (Å²) < 4.78 is 0. The monoisotopic (exact) mass is 527 g/mol. The molecular weight excluding hydrogens is 497 g/mol. The second-order valence-corrected chi connectivity index (χ2v) is 11.4. The highest BCUT2D eigenvalue weighted by atomic mass is 35.5. The van der Waals surface area contributed by atoms with Crippen LogP contribution in [0.3, 0.4) is 0 Å². The first-order valence-corrected chi connectivity index (χ1v) is 13.2. The fourth-order valence-corrected chi connectivity index (χ4v) is 5.75. The van der Waals surface area contributed by atoms with Gasteiger partial charge in [-0.3, -0.25) is 9.78 Å². The molecule has 5 rings (SSSR count). The Bertz CT molecular complexity index is 1290. The summed E-state index contributed by atoms with van der Waals surface area (Å²) in [6, 6.07) is 9.35. The number of aromatic nitrogens is 1. The predicted molar refractivity (Wildman–Crippen MR) is 145 cm³/mol. The summed E-state index contributed by atoms with van der Waals surface area (Å²) in [5, 5.41) is 25.8. The number of Topliss-reactive ketones (excluding diaryl/α,β-unsaturated/α-hetero) is 1. The smallest absolute Gasteiger partial charge is 0.169 e. The van der Waals surface area contributed by atoms with Crippen molar-refractivity contribution in [2.24, 2.45) is 5.92 Å². The van der Waals surface area contributed by atoms with E-state index in [1.54, 1.807) is 18.3 Å². The number of nitrogens with zero attached hydrogens (tertiary/aromatic N) is 2. The van der Waals surface area contributed by atoms with Gasteiger partial charge in [-0.2, -0.15) is 0 Å². The van der Waals surface area contributed by atoms with Crippen LogP contribution < -0.4 is 5.32 Å². The molecule has 0 atom stereocenters. The summed E-state index contributed by atoms with van der Waals surface area (Å²) in [6.45, 7) is 0.643. The molecule has 1 heterocycles. The van der Waals surface area contributed by atoms with Crippen LogP contribution in [0, 0.1) is 5.92 Å². The Morgan fingerprint density at radius 3 is 2.36 bits per heavy atom. The summed E-state index contributed by atoms with van der Waals surface area (Å²) in [5.74, 6) is 0.0583. The molecule has 3 N–H and O–H groups in total. The van der Waals surface area contributed by atoms with Gasteiger partial charge in [-0.25, -0.2) is 0 Å². The number of phenols is 1. The first-order chi connectivity index (χ1) is 17.1. The number of benzene rings is 2. The second kappa shape index (κ2) is 9.82. The van der Waals surface area contributed by atoms with E-state index in [0.29, 0.717) is 24.9 Å². The van der Waals surface area contributed by atoms with Crippen molar-refractivity contribution in [2.75, 3.05) is 26.0 Å². The minimum absolute atomic E-state index is 0.0687. The molecule has 0 unspecified atom stereocenters. The average Bonchev–Trinajstić information content (AvgIpc) is 3.68. The van der Waals surface area contributed by atoms with Gasteiger partial charge in [0.2, 0.25) is 0 Å². The van der Waals surface area contributed by atoms with Crippen LogP contribution in [-0.2, 0) is 0 Å². The van der Waals surface area contributed by atoms with E-state index in [1.807, 2.05) is 37.2 Å². The second-order valence-electron chi connectivity index (χ2n) is 10.6. The number of aromatic hydroxyl groups is 1. The van der Waals surface area contributed by atoms with Crippen molar-refractivity contribution in [2.45, 2.75) is 50.2 Å². The zero-order valence-electron chi connectivity index (χ0n) is 20.5. The Morgan fingerprint density at radius 1 is 1.08 bits per heavy atom. The molecule has 0 spiro atoms. The fraction of sp³-hybridized carbons (Fsp3) is 0.429. The highest BCUT2D eigenvalue weighted by molar-refractivity contribution is 6.37. The molecule has 0 aliphatic heterocycles. The Hall–Kier alpha value is -2.38. The third-order valence-corrected chi connectivity index (χ3v) is 7.88. The standard InChI is InChI=1S/C28H31Cl2N3O3/c1-33(2)15-28(36)9-7-19(8-10-28)32-25-20-11-17(18-12-22(29)27(35)23(30)13-18)5-6-24(20)31-14-21(25)26(34)16-3-4-16/h5-6,11-14,16,19,35-36H,3-4,7-10,15H2,1-2H3,(H,31,32). The van der Waals surface area contributed by atoms with E-state index in [2.05, 4.69) is 10.3 Å². The van der Waals surface area contributed by atoms with E-state index in [4.69, 9.17) is 23.2 Å². The van der Waals surface area contributed by atoms with E-state index in [-0.39, 0.29) is 33.5 Å². The lowest BCUT2D eigenvalue weighted by Gasteiger charge is -2.38. The number of rotatable bonds is 7. The largest absolute Gasteiger partial charge is 0.505 e. The van der Waals surface area contributed by atoms with Gasteiger partial charge in [0.1, 0.15) is 0 Å². The summed E-state index contributed by atoms with van der Waals surface area (Å²) >= 11 is 12.4. The molecule has 6 nitrogen and oxygen atoms in total. The van der Waals surface area contributed by atoms with Crippen molar-refractivity contribution >= 4 is 45.6 Å². The van der Waals surface area contributed by atoms with Crippen molar-refractivity contribution in [3.8, 4) is 16.9 Å². The maximum Gasteiger partial charge on any atom is 0.169 e. The number of aliphatic hydroxyl groups is 1. The molecular formula is C28H31Cl2N3O3. The van der Waals surface area contributed by atoms with Gasteiger partial charge < -0.3 is 20.4 Å². The molecule has 3 aromatic rings. The van der Waals surface area contributed by atoms with Gasteiger partial charge >= 0.3 is 0 Å². The normalized spacial score (nSPS) is 22.2. The van der Waals surface area contributed by atoms with Crippen LogP contribution in [0.2, 0.25) is 10.0 Å². The van der Waals surface area contributed by atoms with E-state index >= 15 is 0 Å². The molecule has 0 saturated heterocycles. The number of phenolic OH excluding ortho intramolecular Hbond substituents is 1. The molecule has 2 saturated carbocycles. The topological polar surface area (TPSA) is 85.7 Å². The minimum Gasteiger partial charge on any atom is -0.505 e. The lowest BCUT2D eigenvalue weighted by Crippen LogP contribution is -2.45. The first kappa shape index (κ1) is 25.3. The predicted octanol–water partition coefficient (Wildman–Crippen LogP) is 6.15. The van der Waals surface area contributed by atoms with Crippen molar-refractivity contribution in [1.82, 2.24) is 9.88 Å². The van der Waals surface area contributed by atoms with Gasteiger partial charge in [-0.15, -0.1) is 0 Å². The van der Waals surface area contributed by atoms with Crippen molar-refractivity contribution in [3.05, 3.63) is 52.1 Å². The van der Waals surface area contributed by atoms with E-state index < -0.39 is 5.60 Å². The highest BCUT2D eigenvalue weighted by Gasteiger charge is 2.36. The van der Waals surface area contributed by atoms with Gasteiger partial charge in [0.15, 0.2) is 11.5 Å². The lowest BCUT2D eigenvalue weighted by atomic mass is 9.81. The fourth-order valence-electron chi connectivity index (χ4n) is 5.26. The van der Waals surface area contributed by atoms with Crippen molar-refractivity contribution in [1.29, 1.82) is 0 Å². The number of nitrogens with one attached hydrogen (secondary N) is 1. The minimum atomic E-state index is -0.681. The zero-order chi connectivity index (χ0) is 25.6. The molecule has 2 aliphatic rings. The number of carbonyl (C=O) groups is 1. The number of halogens is 2. The number of likely N-dealkylation sites (N-methyl/N-ethyl adjacent to an activating group) is 1. The average molecular weight is 528 g/mol. The van der Waals surface area contributed by atoms with Gasteiger partial charge in [0.25, 0.3) is 0 Å². The Kier molecular flexibility index (Phi) is 6.90. The number of fused-ring (bicyclic) bond motifs is 1. The zero-order valence-corrected chi connectivity index (χ0v) is 22.0. The number of hydrogen-bond acceptors (Lipinski definition) is 6. The van der Waals surface area contributed by atoms with Crippen LogP contribution in [0.25, 0.3) is 22.0 Å². The Morgan fingerprint density at radius 2 is 1.75 bits per heavy atom. The van der Waals surface area contributed by atoms with E-state index in [9.17, 15) is 15.0 Å². The summed E-state index contributed by atoms with van der Waals surface area (Å²) in [4.78, 5) is 19.9. The summed E-state index contributed by atoms with van der Waals surface area (Å²) in [6.07, 6.45) is 6.57. The quantitative estimate of drug-likeness (QED) is 0.319. The molecule has 0 amide bonds. The van der Waals surface area contributed by atoms with Gasteiger partial charge in [-0.05, 0) is 88.0 Å². The number of ketones is 1. The van der Waals surface area contributed by atoms with Crippen LogP contribution in [0.15, 0.2) is 36.5 Å². The third kappa shape index (κ3) is 5.18. The molecule has 1 aromatic heterocycles. The van der Waals surface area contributed by atoms with Crippen molar-refractivity contribution in [3.63, 3.8) is 0 Å². The Labute approximate surface area is 221 Å². The number of carbonyl (C=O) groups excluding carboxylic acids is 1.